The molecule has 1 aromatic heterocycles. The number of aromatic hydroxyl groups is 1. The number of aromatic nitrogens is 1. The summed E-state index contributed by atoms with van der Waals surface area (Å²) in [5.74, 6) is 0.0729. The molecule has 0 atom stereocenters. The Hall–Kier alpha value is -0.0636. The number of nitrogens with zero attached hydrogens (tertiary/aromatic N) is 1. The molecule has 0 bridgehead atoms. The maximum Gasteiger partial charge on any atom is 1.00 e. The number of rotatable bonds is 0. The van der Waals surface area contributed by atoms with Crippen molar-refractivity contribution in [3.63, 3.8) is 0 Å². The molecule has 0 unspecified atom stereocenters. The monoisotopic (exact) mass is 281 g/mol. The van der Waals surface area contributed by atoms with Crippen molar-refractivity contribution in [2.24, 2.45) is 0 Å². The van der Waals surface area contributed by atoms with Crippen LogP contribution >= 0.6 is 0 Å². The largest absolute Gasteiger partial charge is 1.00 e. The van der Waals surface area contributed by atoms with Crippen molar-refractivity contribution in [2.45, 2.75) is 0 Å². The van der Waals surface area contributed by atoms with Crippen LogP contribution in [-0.4, -0.2) is 27.6 Å². The van der Waals surface area contributed by atoms with Crippen LogP contribution < -0.4 is 51.4 Å². The van der Waals surface area contributed by atoms with E-state index in [1.54, 1.807) is 6.07 Å². The predicted octanol–water partition coefficient (Wildman–Crippen LogP) is -2.05. The van der Waals surface area contributed by atoms with E-state index < -0.39 is 10.4 Å². The van der Waals surface area contributed by atoms with E-state index in [4.69, 9.17) is 22.6 Å². The van der Waals surface area contributed by atoms with Gasteiger partial charge in [0, 0.05) is 11.5 Å². The van der Waals surface area contributed by atoms with Gasteiger partial charge in [0.25, 0.3) is 0 Å². The summed E-state index contributed by atoms with van der Waals surface area (Å²) in [6.07, 6.45) is 0. The Morgan fingerprint density at radius 3 is 2.24 bits per heavy atom. The van der Waals surface area contributed by atoms with Gasteiger partial charge in [-0.2, -0.15) is 0 Å². The van der Waals surface area contributed by atoms with Gasteiger partial charge in [-0.15, -0.1) is 0 Å². The van der Waals surface area contributed by atoms with Gasteiger partial charge in [-0.25, -0.2) is 13.4 Å². The fourth-order valence-electron chi connectivity index (χ4n) is 1.06. The van der Waals surface area contributed by atoms with Gasteiger partial charge < -0.3 is 9.66 Å². The quantitative estimate of drug-likeness (QED) is 0.327. The van der Waals surface area contributed by atoms with E-state index in [9.17, 15) is 0 Å². The summed E-state index contributed by atoms with van der Waals surface area (Å²) in [5.41, 5.74) is 0.826. The summed E-state index contributed by atoms with van der Waals surface area (Å²) in [5, 5.41) is 10.1. The van der Waals surface area contributed by atoms with Crippen molar-refractivity contribution in [3.05, 3.63) is 36.4 Å². The molecule has 86 valence electrons. The van der Waals surface area contributed by atoms with Crippen molar-refractivity contribution in [1.82, 2.24) is 4.98 Å². The molecular weight excluding hydrogens is 273 g/mol. The average Bonchev–Trinajstić information content (AvgIpc) is 2.15. The van der Waals surface area contributed by atoms with E-state index in [-0.39, 0.29) is 57.3 Å². The molecule has 0 amide bonds. The third-order valence-electron chi connectivity index (χ3n) is 1.58. The standard InChI is InChI=1S/C9H7NO.K.H2O4S/c11-9-6-5-7-3-1-2-4-8(7)10-9;;1-5(2,3)4/h1-6H,(H,10,11);;(H2,1,2,3,4)/q;+1;/p-1. The zero-order valence-electron chi connectivity index (χ0n) is 8.94. The van der Waals surface area contributed by atoms with Crippen LogP contribution in [0, 0.1) is 0 Å². The summed E-state index contributed by atoms with van der Waals surface area (Å²) in [7, 11) is -4.92. The normalized spacial score (nSPS) is 10.0. The van der Waals surface area contributed by atoms with E-state index in [0.717, 1.165) is 10.9 Å². The predicted molar refractivity (Wildman–Crippen MR) is 55.7 cm³/mol. The Bertz CT molecular complexity index is 579. The van der Waals surface area contributed by atoms with Crippen LogP contribution in [0.5, 0.6) is 5.88 Å². The molecule has 0 aliphatic rings. The van der Waals surface area contributed by atoms with Crippen LogP contribution in [0.25, 0.3) is 10.9 Å². The Morgan fingerprint density at radius 1 is 1.12 bits per heavy atom. The minimum atomic E-state index is -4.92. The van der Waals surface area contributed by atoms with Gasteiger partial charge in [-0.1, -0.05) is 18.2 Å². The first-order valence-corrected chi connectivity index (χ1v) is 5.46. The Labute approximate surface area is 141 Å². The first-order valence-electron chi connectivity index (χ1n) is 4.09. The van der Waals surface area contributed by atoms with Crippen LogP contribution in [0.15, 0.2) is 36.4 Å². The van der Waals surface area contributed by atoms with E-state index in [1.807, 2.05) is 30.3 Å². The van der Waals surface area contributed by atoms with Gasteiger partial charge in [-0.05, 0) is 12.1 Å². The number of para-hydroxylation sites is 1. The molecule has 17 heavy (non-hydrogen) atoms. The van der Waals surface area contributed by atoms with E-state index in [0.29, 0.717) is 0 Å². The third-order valence-corrected chi connectivity index (χ3v) is 1.58. The second-order valence-electron chi connectivity index (χ2n) is 2.79. The fraction of sp³-hybridized carbons (Fsp3) is 0. The van der Waals surface area contributed by atoms with Crippen molar-refractivity contribution in [3.8, 4) is 5.88 Å². The molecule has 6 nitrogen and oxygen atoms in total. The van der Waals surface area contributed by atoms with Gasteiger partial charge in [-0.3, -0.25) is 4.55 Å². The summed E-state index contributed by atoms with van der Waals surface area (Å²) < 4.78 is 32.8. The Morgan fingerprint density at radius 2 is 1.65 bits per heavy atom. The second-order valence-corrected chi connectivity index (χ2v) is 3.65. The van der Waals surface area contributed by atoms with Crippen molar-refractivity contribution >= 4 is 21.3 Å². The molecule has 0 saturated carbocycles. The average molecular weight is 281 g/mol. The molecule has 2 N–H and O–H groups in total. The minimum Gasteiger partial charge on any atom is -0.726 e. The van der Waals surface area contributed by atoms with Crippen LogP contribution in [0.3, 0.4) is 0 Å². The molecule has 1 heterocycles. The fourth-order valence-corrected chi connectivity index (χ4v) is 1.06. The van der Waals surface area contributed by atoms with Crippen molar-refractivity contribution in [2.75, 3.05) is 0 Å². The number of pyridine rings is 1. The zero-order chi connectivity index (χ0) is 12.2. The molecule has 0 aliphatic carbocycles. The molecule has 0 fully saturated rings. The number of fused-ring (bicyclic) bond motifs is 1. The summed E-state index contributed by atoms with van der Waals surface area (Å²) in [4.78, 5) is 3.93. The van der Waals surface area contributed by atoms with Gasteiger partial charge in [0.1, 0.15) is 0 Å². The molecule has 8 heteroatoms. The third kappa shape index (κ3) is 7.79. The molecule has 1 aromatic carbocycles. The zero-order valence-corrected chi connectivity index (χ0v) is 12.9. The molecule has 2 aromatic rings. The minimum absolute atomic E-state index is 0. The van der Waals surface area contributed by atoms with Crippen LogP contribution in [0.4, 0.5) is 0 Å². The van der Waals surface area contributed by atoms with E-state index in [1.165, 1.54) is 0 Å². The smallest absolute Gasteiger partial charge is 0.726 e. The summed E-state index contributed by atoms with van der Waals surface area (Å²) in [6.45, 7) is 0. The molecular formula is C9H8KNO5S. The maximum atomic E-state index is 9.02. The second kappa shape index (κ2) is 7.39. The summed E-state index contributed by atoms with van der Waals surface area (Å²) >= 11 is 0. The number of hydrogen-bond donors (Lipinski definition) is 2. The van der Waals surface area contributed by atoms with E-state index >= 15 is 0 Å². The van der Waals surface area contributed by atoms with Crippen molar-refractivity contribution < 1.29 is 74.0 Å². The first kappa shape index (κ1) is 16.9. The molecule has 0 saturated heterocycles. The molecule has 2 rings (SSSR count). The molecule has 0 aliphatic heterocycles. The SMILES string of the molecule is O=S(=O)([O-])O.Oc1ccc2ccccc2n1.[K+]. The first-order chi connectivity index (χ1) is 7.36. The van der Waals surface area contributed by atoms with E-state index in [2.05, 4.69) is 4.98 Å². The molecule has 0 spiro atoms. The van der Waals surface area contributed by atoms with Gasteiger partial charge in [0.2, 0.25) is 16.3 Å². The van der Waals surface area contributed by atoms with Gasteiger partial charge >= 0.3 is 51.4 Å². The van der Waals surface area contributed by atoms with Crippen LogP contribution in [0.2, 0.25) is 0 Å². The number of benzene rings is 1. The Kier molecular flexibility index (Phi) is 7.36. The number of hydrogen-bond acceptors (Lipinski definition) is 5. The van der Waals surface area contributed by atoms with Crippen molar-refractivity contribution in [1.29, 1.82) is 0 Å². The van der Waals surface area contributed by atoms with Crippen LogP contribution in [-0.2, 0) is 10.4 Å². The summed E-state index contributed by atoms with van der Waals surface area (Å²) in [6, 6.07) is 11.1. The van der Waals surface area contributed by atoms with Crippen LogP contribution in [0.1, 0.15) is 0 Å². The van der Waals surface area contributed by atoms with Gasteiger partial charge in [0.05, 0.1) is 5.52 Å². The topological polar surface area (TPSA) is 111 Å². The van der Waals surface area contributed by atoms with Gasteiger partial charge in [0.15, 0.2) is 0 Å². The molecule has 0 radical (unpaired) electrons. The maximum absolute atomic E-state index is 9.02. The Balaban J connectivity index is 0.000000373.